The Morgan fingerprint density at radius 2 is 2.13 bits per heavy atom. The maximum atomic E-state index is 12.4. The van der Waals surface area contributed by atoms with Crippen LogP contribution < -0.4 is 5.32 Å². The molecule has 0 radical (unpaired) electrons. The van der Waals surface area contributed by atoms with Crippen molar-refractivity contribution < 1.29 is 14.5 Å². The standard InChI is InChI=1S/C14H10ClN3O4S/c1-2-6-17-13(20)9(12(19)16-14(17)23)7-8-10(15)4-3-5-11(8)18(21)22/h2-5,7H,1,6H2,(H,16,19,23). The van der Waals surface area contributed by atoms with Crippen molar-refractivity contribution in [3.8, 4) is 0 Å². The SMILES string of the molecule is C=CCN1C(=O)C(=Cc2c(Cl)cccc2[N+](=O)[O-])C(=O)NC1=S. The van der Waals surface area contributed by atoms with Gasteiger partial charge in [0.25, 0.3) is 17.5 Å². The highest BCUT2D eigenvalue weighted by Crippen LogP contribution is 2.29. The van der Waals surface area contributed by atoms with Crippen molar-refractivity contribution in [3.63, 3.8) is 0 Å². The smallest absolute Gasteiger partial charge is 0.278 e. The zero-order valence-electron chi connectivity index (χ0n) is 11.6. The second-order valence-corrected chi connectivity index (χ2v) is 5.25. The number of nitrogens with one attached hydrogen (secondary N) is 1. The Morgan fingerprint density at radius 1 is 1.43 bits per heavy atom. The molecular formula is C14H10ClN3O4S. The van der Waals surface area contributed by atoms with E-state index in [0.717, 1.165) is 11.0 Å². The zero-order valence-corrected chi connectivity index (χ0v) is 13.2. The molecule has 0 aromatic heterocycles. The number of nitro groups is 1. The fourth-order valence-electron chi connectivity index (χ4n) is 1.96. The van der Waals surface area contributed by atoms with E-state index < -0.39 is 16.7 Å². The Morgan fingerprint density at radius 3 is 2.74 bits per heavy atom. The summed E-state index contributed by atoms with van der Waals surface area (Å²) in [4.78, 5) is 36.0. The summed E-state index contributed by atoms with van der Waals surface area (Å²) in [6, 6.07) is 4.07. The first kappa shape index (κ1) is 16.8. The van der Waals surface area contributed by atoms with E-state index >= 15 is 0 Å². The molecule has 0 unspecified atom stereocenters. The maximum absolute atomic E-state index is 12.4. The maximum Gasteiger partial charge on any atom is 0.278 e. The lowest BCUT2D eigenvalue weighted by molar-refractivity contribution is -0.385. The van der Waals surface area contributed by atoms with Crippen LogP contribution in [0.3, 0.4) is 0 Å². The summed E-state index contributed by atoms with van der Waals surface area (Å²) in [6.07, 6.45) is 2.53. The predicted molar refractivity (Wildman–Crippen MR) is 88.7 cm³/mol. The van der Waals surface area contributed by atoms with Crippen LogP contribution in [0.25, 0.3) is 6.08 Å². The number of thiocarbonyl (C=S) groups is 1. The molecule has 118 valence electrons. The van der Waals surface area contributed by atoms with Gasteiger partial charge in [-0.3, -0.25) is 29.9 Å². The van der Waals surface area contributed by atoms with Gasteiger partial charge >= 0.3 is 0 Å². The van der Waals surface area contributed by atoms with Gasteiger partial charge in [0.1, 0.15) is 5.57 Å². The first-order valence-corrected chi connectivity index (χ1v) is 7.08. The minimum atomic E-state index is -0.741. The molecule has 1 heterocycles. The van der Waals surface area contributed by atoms with Gasteiger partial charge in [-0.15, -0.1) is 6.58 Å². The van der Waals surface area contributed by atoms with Crippen molar-refractivity contribution in [3.05, 3.63) is 57.1 Å². The number of nitrogens with zero attached hydrogens (tertiary/aromatic N) is 2. The predicted octanol–water partition coefficient (Wildman–Crippen LogP) is 2.06. The van der Waals surface area contributed by atoms with Gasteiger partial charge in [-0.25, -0.2) is 0 Å². The second-order valence-electron chi connectivity index (χ2n) is 4.45. The van der Waals surface area contributed by atoms with Crippen molar-refractivity contribution >= 4 is 52.5 Å². The lowest BCUT2D eigenvalue weighted by Gasteiger charge is -2.27. The third-order valence-corrected chi connectivity index (χ3v) is 3.66. The Bertz CT molecular complexity index is 775. The fraction of sp³-hybridized carbons (Fsp3) is 0.0714. The highest BCUT2D eigenvalue weighted by Gasteiger charge is 2.33. The lowest BCUT2D eigenvalue weighted by Crippen LogP contribution is -2.53. The average molecular weight is 352 g/mol. The normalized spacial score (nSPS) is 16.5. The monoisotopic (exact) mass is 351 g/mol. The Kier molecular flexibility index (Phi) is 4.87. The molecule has 0 bridgehead atoms. The Hall–Kier alpha value is -2.58. The van der Waals surface area contributed by atoms with E-state index in [-0.39, 0.29) is 33.5 Å². The van der Waals surface area contributed by atoms with Crippen LogP contribution in [0.1, 0.15) is 5.56 Å². The van der Waals surface area contributed by atoms with Crippen LogP contribution in [-0.4, -0.2) is 33.3 Å². The highest BCUT2D eigenvalue weighted by atomic mass is 35.5. The average Bonchev–Trinajstić information content (AvgIpc) is 2.48. The van der Waals surface area contributed by atoms with E-state index in [0.29, 0.717) is 0 Å². The van der Waals surface area contributed by atoms with E-state index in [2.05, 4.69) is 11.9 Å². The number of carbonyl (C=O) groups is 2. The van der Waals surface area contributed by atoms with Crippen LogP contribution in [0.4, 0.5) is 5.69 Å². The number of amides is 2. The van der Waals surface area contributed by atoms with Crippen molar-refractivity contribution in [2.24, 2.45) is 0 Å². The van der Waals surface area contributed by atoms with Crippen LogP contribution in [-0.2, 0) is 9.59 Å². The van der Waals surface area contributed by atoms with Gasteiger partial charge in [-0.1, -0.05) is 23.7 Å². The molecule has 0 aliphatic carbocycles. The van der Waals surface area contributed by atoms with Gasteiger partial charge < -0.3 is 0 Å². The molecule has 2 amide bonds. The molecule has 23 heavy (non-hydrogen) atoms. The lowest BCUT2D eigenvalue weighted by atomic mass is 10.1. The van der Waals surface area contributed by atoms with Crippen LogP contribution in [0.15, 0.2) is 36.4 Å². The molecule has 7 nitrogen and oxygen atoms in total. The van der Waals surface area contributed by atoms with Gasteiger partial charge in [0.05, 0.1) is 15.5 Å². The molecule has 1 aromatic carbocycles. The zero-order chi connectivity index (χ0) is 17.1. The van der Waals surface area contributed by atoms with E-state index in [1.807, 2.05) is 0 Å². The molecule has 0 saturated carbocycles. The van der Waals surface area contributed by atoms with Gasteiger partial charge in [-0.2, -0.15) is 0 Å². The van der Waals surface area contributed by atoms with Gasteiger partial charge in [0.2, 0.25) is 0 Å². The van der Waals surface area contributed by atoms with Crippen LogP contribution in [0.5, 0.6) is 0 Å². The van der Waals surface area contributed by atoms with Gasteiger partial charge in [0.15, 0.2) is 5.11 Å². The van der Waals surface area contributed by atoms with E-state index in [4.69, 9.17) is 23.8 Å². The number of hydrogen-bond acceptors (Lipinski definition) is 5. The van der Waals surface area contributed by atoms with Crippen molar-refractivity contribution in [1.29, 1.82) is 0 Å². The molecule has 0 spiro atoms. The first-order valence-electron chi connectivity index (χ1n) is 6.29. The molecule has 1 aromatic rings. The van der Waals surface area contributed by atoms with E-state index in [1.54, 1.807) is 0 Å². The summed E-state index contributed by atoms with van der Waals surface area (Å²) >= 11 is 10.9. The topological polar surface area (TPSA) is 92.6 Å². The third-order valence-electron chi connectivity index (χ3n) is 3.01. The summed E-state index contributed by atoms with van der Waals surface area (Å²) in [7, 11) is 0. The molecule has 9 heteroatoms. The molecule has 0 atom stereocenters. The third kappa shape index (κ3) is 3.27. The molecule has 1 fully saturated rings. The number of halogens is 1. The quantitative estimate of drug-likeness (QED) is 0.224. The fourth-order valence-corrected chi connectivity index (χ4v) is 2.44. The molecule has 2 rings (SSSR count). The Balaban J connectivity index is 2.56. The minimum Gasteiger partial charge on any atom is -0.298 e. The molecule has 1 N–H and O–H groups in total. The largest absolute Gasteiger partial charge is 0.298 e. The summed E-state index contributed by atoms with van der Waals surface area (Å²) in [6.45, 7) is 3.60. The van der Waals surface area contributed by atoms with Gasteiger partial charge in [-0.05, 0) is 24.4 Å². The molecule has 1 aliphatic rings. The number of rotatable bonds is 4. The van der Waals surface area contributed by atoms with Gasteiger partial charge in [0, 0.05) is 12.6 Å². The molecular weight excluding hydrogens is 342 g/mol. The van der Waals surface area contributed by atoms with Crippen LogP contribution in [0, 0.1) is 10.1 Å². The minimum absolute atomic E-state index is 0.0240. The number of hydrogen-bond donors (Lipinski definition) is 1. The van der Waals surface area contributed by atoms with Crippen LogP contribution in [0.2, 0.25) is 5.02 Å². The highest BCUT2D eigenvalue weighted by molar-refractivity contribution is 7.80. The summed E-state index contributed by atoms with van der Waals surface area (Å²) in [5.74, 6) is -1.41. The van der Waals surface area contributed by atoms with Crippen molar-refractivity contribution in [1.82, 2.24) is 10.2 Å². The number of nitro benzene ring substituents is 1. The summed E-state index contributed by atoms with van der Waals surface area (Å²) in [5, 5.41) is 13.4. The Labute approximate surface area is 141 Å². The number of carbonyl (C=O) groups excluding carboxylic acids is 2. The molecule has 1 aliphatic heterocycles. The van der Waals surface area contributed by atoms with E-state index in [9.17, 15) is 19.7 Å². The number of benzene rings is 1. The van der Waals surface area contributed by atoms with Crippen molar-refractivity contribution in [2.75, 3.05) is 6.54 Å². The first-order chi connectivity index (χ1) is 10.9. The van der Waals surface area contributed by atoms with E-state index in [1.165, 1.54) is 24.3 Å². The summed E-state index contributed by atoms with van der Waals surface area (Å²) < 4.78 is 0. The molecule has 1 saturated heterocycles. The summed E-state index contributed by atoms with van der Waals surface area (Å²) in [5.41, 5.74) is -0.630. The van der Waals surface area contributed by atoms with Crippen molar-refractivity contribution in [2.45, 2.75) is 0 Å². The second kappa shape index (κ2) is 6.67. The van der Waals surface area contributed by atoms with Crippen LogP contribution >= 0.6 is 23.8 Å².